The number of hydrogen-bond acceptors (Lipinski definition) is 7. The second-order valence-corrected chi connectivity index (χ2v) is 8.49. The summed E-state index contributed by atoms with van der Waals surface area (Å²) in [5.41, 5.74) is 5.05. The largest absolute Gasteiger partial charge is 0.461 e. The van der Waals surface area contributed by atoms with Crippen LogP contribution in [0.3, 0.4) is 0 Å². The van der Waals surface area contributed by atoms with Gasteiger partial charge in [0.05, 0.1) is 6.33 Å². The number of anilines is 1. The molecule has 1 saturated heterocycles. The molecule has 179 valence electrons. The molecule has 2 atom stereocenters. The van der Waals surface area contributed by atoms with Crippen LogP contribution in [0.4, 0.5) is 10.2 Å². The minimum atomic E-state index is -1.16. The molecule has 1 aliphatic heterocycles. The summed E-state index contributed by atoms with van der Waals surface area (Å²) >= 11 is 0. The number of carbonyl (C=O) groups is 1. The van der Waals surface area contributed by atoms with Gasteiger partial charge >= 0.3 is 12.0 Å². The molecule has 33 heavy (non-hydrogen) atoms. The number of carbonyl (C=O) groups excluding carboxylic acids is 1. The van der Waals surface area contributed by atoms with E-state index in [0.29, 0.717) is 12.8 Å². The number of ether oxygens (including phenoxy) is 2. The highest BCUT2D eigenvalue weighted by Gasteiger charge is 2.42. The van der Waals surface area contributed by atoms with E-state index in [1.807, 2.05) is 0 Å². The Hall–Kier alpha value is -2.73. The van der Waals surface area contributed by atoms with E-state index in [4.69, 9.17) is 21.6 Å². The molecule has 8 nitrogen and oxygen atoms in total. The smallest absolute Gasteiger partial charge is 0.312 e. The van der Waals surface area contributed by atoms with Crippen LogP contribution in [0.25, 0.3) is 11.2 Å². The Morgan fingerprint density at radius 1 is 1.27 bits per heavy atom. The van der Waals surface area contributed by atoms with Gasteiger partial charge in [0, 0.05) is 12.8 Å². The fourth-order valence-electron chi connectivity index (χ4n) is 3.99. The van der Waals surface area contributed by atoms with Crippen molar-refractivity contribution < 1.29 is 18.7 Å². The van der Waals surface area contributed by atoms with Crippen molar-refractivity contribution in [3.8, 4) is 12.3 Å². The van der Waals surface area contributed by atoms with Crippen LogP contribution in [0.2, 0.25) is 0 Å². The van der Waals surface area contributed by atoms with Gasteiger partial charge in [0.2, 0.25) is 0 Å². The summed E-state index contributed by atoms with van der Waals surface area (Å²) < 4.78 is 26.6. The number of aromatic nitrogens is 4. The van der Waals surface area contributed by atoms with Gasteiger partial charge in [0.25, 0.3) is 0 Å². The van der Waals surface area contributed by atoms with Gasteiger partial charge in [-0.15, -0.1) is 6.42 Å². The first-order valence-electron chi connectivity index (χ1n) is 11.8. The standard InChI is InChI=1S/C24H33FN5O3/c1-3-5-6-7-8-9-10-11-12-13-19(31)32-16-24(4-2)15-14-18(33-24)30-17-27-20-21(26)28-23(25)29-22(20)30/h2,15,17-18H,3,5-14,16H2,1H3,(H2,26,28,29)/t18-,24+/m1/s1. The van der Waals surface area contributed by atoms with E-state index in [2.05, 4.69) is 27.8 Å². The van der Waals surface area contributed by atoms with Crippen molar-refractivity contribution in [1.29, 1.82) is 0 Å². The molecule has 3 heterocycles. The van der Waals surface area contributed by atoms with Gasteiger partial charge in [-0.2, -0.15) is 14.4 Å². The summed E-state index contributed by atoms with van der Waals surface area (Å²) in [6, 6.07) is 0. The van der Waals surface area contributed by atoms with E-state index in [9.17, 15) is 9.18 Å². The first kappa shape index (κ1) is 24.9. The molecule has 1 aliphatic rings. The predicted octanol–water partition coefficient (Wildman–Crippen LogP) is 4.51. The van der Waals surface area contributed by atoms with Crippen LogP contribution in [0.1, 0.15) is 83.8 Å². The zero-order valence-electron chi connectivity index (χ0n) is 19.3. The predicted molar refractivity (Wildman–Crippen MR) is 123 cm³/mol. The number of nitrogens with zero attached hydrogens (tertiary/aromatic N) is 4. The molecule has 0 spiro atoms. The maximum Gasteiger partial charge on any atom is 0.312 e. The number of halogens is 1. The Bertz CT molecular complexity index is 973. The number of unbranched alkanes of at least 4 members (excludes halogenated alkanes) is 8. The summed E-state index contributed by atoms with van der Waals surface area (Å²) in [6.45, 7) is 2.14. The van der Waals surface area contributed by atoms with E-state index in [1.54, 1.807) is 11.0 Å². The number of hydrogen-bond donors (Lipinski definition) is 1. The van der Waals surface area contributed by atoms with Gasteiger partial charge < -0.3 is 15.2 Å². The highest BCUT2D eigenvalue weighted by Crippen LogP contribution is 2.37. The molecule has 9 heteroatoms. The van der Waals surface area contributed by atoms with Crippen LogP contribution in [0, 0.1) is 24.8 Å². The summed E-state index contributed by atoms with van der Waals surface area (Å²) in [5, 5.41) is 0. The molecule has 0 amide bonds. The normalized spacial score (nSPS) is 20.2. The van der Waals surface area contributed by atoms with Crippen molar-refractivity contribution in [3.05, 3.63) is 18.8 Å². The minimum absolute atomic E-state index is 0.0492. The Morgan fingerprint density at radius 3 is 2.67 bits per heavy atom. The summed E-state index contributed by atoms with van der Waals surface area (Å²) in [7, 11) is 0. The van der Waals surface area contributed by atoms with Crippen molar-refractivity contribution >= 4 is 23.0 Å². The van der Waals surface area contributed by atoms with Crippen molar-refractivity contribution in [2.75, 3.05) is 12.3 Å². The Labute approximate surface area is 194 Å². The van der Waals surface area contributed by atoms with Gasteiger partial charge in [-0.25, -0.2) is 4.98 Å². The lowest BCUT2D eigenvalue weighted by Gasteiger charge is -2.23. The van der Waals surface area contributed by atoms with Crippen molar-refractivity contribution in [2.45, 2.75) is 89.4 Å². The minimum Gasteiger partial charge on any atom is -0.461 e. The van der Waals surface area contributed by atoms with Gasteiger partial charge in [0.15, 0.2) is 22.6 Å². The third-order valence-electron chi connectivity index (χ3n) is 5.90. The second kappa shape index (κ2) is 11.9. The molecule has 2 aromatic rings. The van der Waals surface area contributed by atoms with Crippen LogP contribution in [0.5, 0.6) is 0 Å². The molecule has 1 radical (unpaired) electrons. The molecular weight excluding hydrogens is 425 g/mol. The number of nitrogen functional groups attached to an aromatic ring is 1. The molecule has 0 aliphatic carbocycles. The third-order valence-corrected chi connectivity index (χ3v) is 5.90. The first-order chi connectivity index (χ1) is 16.0. The monoisotopic (exact) mass is 458 g/mol. The lowest BCUT2D eigenvalue weighted by atomic mass is 10.0. The fourth-order valence-corrected chi connectivity index (χ4v) is 3.99. The molecule has 0 bridgehead atoms. The van der Waals surface area contributed by atoms with Crippen molar-refractivity contribution in [1.82, 2.24) is 19.5 Å². The summed E-state index contributed by atoms with van der Waals surface area (Å²) in [6.07, 6.45) is 18.8. The summed E-state index contributed by atoms with van der Waals surface area (Å²) in [4.78, 5) is 23.6. The average Bonchev–Trinajstić information content (AvgIpc) is 3.41. The number of nitrogens with two attached hydrogens (primary N) is 1. The fraction of sp³-hybridized carbons (Fsp3) is 0.625. The van der Waals surface area contributed by atoms with Crippen LogP contribution < -0.4 is 5.73 Å². The lowest BCUT2D eigenvalue weighted by Crippen LogP contribution is -2.34. The molecule has 3 rings (SSSR count). The number of imidazole rings is 1. The topological polar surface area (TPSA) is 105 Å². The van der Waals surface area contributed by atoms with Crippen LogP contribution in [-0.2, 0) is 14.3 Å². The lowest BCUT2D eigenvalue weighted by molar-refractivity contribution is -0.151. The quantitative estimate of drug-likeness (QED) is 0.204. The third kappa shape index (κ3) is 6.64. The van der Waals surface area contributed by atoms with E-state index in [-0.39, 0.29) is 29.6 Å². The van der Waals surface area contributed by atoms with Crippen molar-refractivity contribution in [2.24, 2.45) is 0 Å². The van der Waals surface area contributed by atoms with E-state index in [1.165, 1.54) is 44.9 Å². The van der Waals surface area contributed by atoms with Crippen LogP contribution in [-0.4, -0.2) is 37.7 Å². The SMILES string of the molecule is C#C[C@@]1(COC(=O)CCCCCCCCCCC)[CH]C[C@H](n2cnc3c(N)nc(F)nc32)O1. The molecule has 0 aromatic carbocycles. The highest BCUT2D eigenvalue weighted by molar-refractivity contribution is 5.81. The molecule has 0 unspecified atom stereocenters. The first-order valence-corrected chi connectivity index (χ1v) is 11.8. The number of fused-ring (bicyclic) bond motifs is 1. The molecule has 2 N–H and O–H groups in total. The zero-order chi connectivity index (χ0) is 23.7. The van der Waals surface area contributed by atoms with Crippen LogP contribution >= 0.6 is 0 Å². The van der Waals surface area contributed by atoms with Crippen molar-refractivity contribution in [3.63, 3.8) is 0 Å². The molecular formula is C24H33FN5O3. The van der Waals surface area contributed by atoms with E-state index in [0.717, 1.165) is 19.3 Å². The Morgan fingerprint density at radius 2 is 1.97 bits per heavy atom. The van der Waals surface area contributed by atoms with Gasteiger partial charge in [-0.1, -0.05) is 64.2 Å². The zero-order valence-corrected chi connectivity index (χ0v) is 19.3. The maximum atomic E-state index is 13.6. The van der Waals surface area contributed by atoms with Gasteiger partial charge in [-0.3, -0.25) is 9.36 Å². The number of terminal acetylenes is 1. The molecule has 2 aromatic heterocycles. The average molecular weight is 459 g/mol. The number of rotatable bonds is 13. The van der Waals surface area contributed by atoms with Crippen LogP contribution in [0.15, 0.2) is 6.33 Å². The van der Waals surface area contributed by atoms with E-state index < -0.39 is 17.9 Å². The summed E-state index contributed by atoms with van der Waals surface area (Å²) in [5.74, 6) is 2.24. The molecule has 1 fully saturated rings. The molecule has 0 saturated carbocycles. The van der Waals surface area contributed by atoms with Gasteiger partial charge in [-0.05, 0) is 12.8 Å². The second-order valence-electron chi connectivity index (χ2n) is 8.49. The van der Waals surface area contributed by atoms with Gasteiger partial charge in [0.1, 0.15) is 12.8 Å². The van der Waals surface area contributed by atoms with E-state index >= 15 is 0 Å². The Kier molecular flexibility index (Phi) is 9.01. The number of esters is 1. The highest BCUT2D eigenvalue weighted by atomic mass is 19.1. The Balaban J connectivity index is 1.42. The maximum absolute atomic E-state index is 13.6.